The molecule has 0 amide bonds. The molecular formula is C8H15NO4. The minimum Gasteiger partial charge on any atom is -0.480 e. The minimum atomic E-state index is -0.935. The quantitative estimate of drug-likeness (QED) is 0.560. The number of carbonyl (C=O) groups is 2. The monoisotopic (exact) mass is 189 g/mol. The van der Waals surface area contributed by atoms with Crippen LogP contribution in [0.3, 0.4) is 0 Å². The number of hydrogen-bond donors (Lipinski definition) is 3. The molecule has 76 valence electrons. The molecule has 0 bridgehead atoms. The summed E-state index contributed by atoms with van der Waals surface area (Å²) < 4.78 is 0. The van der Waals surface area contributed by atoms with Gasteiger partial charge in [-0.1, -0.05) is 13.5 Å². The van der Waals surface area contributed by atoms with Crippen LogP contribution >= 0.6 is 0 Å². The van der Waals surface area contributed by atoms with Crippen LogP contribution in [0.15, 0.2) is 12.2 Å². The number of carboxylic acid groups (broad SMARTS) is 2. The maximum Gasteiger partial charge on any atom is 0.330 e. The number of aliphatic carboxylic acids is 2. The van der Waals surface area contributed by atoms with Gasteiger partial charge in [0.1, 0.15) is 6.04 Å². The summed E-state index contributed by atoms with van der Waals surface area (Å²) in [4.78, 5) is 19.4. The van der Waals surface area contributed by atoms with E-state index in [0.717, 1.165) is 0 Å². The molecule has 0 radical (unpaired) electrons. The fourth-order valence-corrected chi connectivity index (χ4v) is 0.175. The van der Waals surface area contributed by atoms with Crippen molar-refractivity contribution < 1.29 is 19.8 Å². The van der Waals surface area contributed by atoms with Gasteiger partial charge in [0, 0.05) is 5.57 Å². The zero-order chi connectivity index (χ0) is 11.0. The Morgan fingerprint density at radius 1 is 1.46 bits per heavy atom. The SMILES string of the molecule is C=C(C)C(=O)O.CCC(N)C(=O)O. The van der Waals surface area contributed by atoms with Gasteiger partial charge in [0.05, 0.1) is 0 Å². The highest BCUT2D eigenvalue weighted by Crippen LogP contribution is 1.82. The fraction of sp³-hybridized carbons (Fsp3) is 0.500. The second-order valence-corrected chi connectivity index (χ2v) is 2.44. The number of hydrogen-bond acceptors (Lipinski definition) is 3. The fourth-order valence-electron chi connectivity index (χ4n) is 0.175. The summed E-state index contributed by atoms with van der Waals surface area (Å²) in [5, 5.41) is 15.9. The van der Waals surface area contributed by atoms with Crippen LogP contribution in [0.25, 0.3) is 0 Å². The molecule has 0 aromatic carbocycles. The molecule has 0 rings (SSSR count). The summed E-state index contributed by atoms with van der Waals surface area (Å²) in [5.74, 6) is -1.86. The third-order valence-corrected chi connectivity index (χ3v) is 1.12. The average molecular weight is 189 g/mol. The Kier molecular flexibility index (Phi) is 7.96. The van der Waals surface area contributed by atoms with Crippen molar-refractivity contribution >= 4 is 11.9 Å². The Labute approximate surface area is 76.9 Å². The zero-order valence-corrected chi connectivity index (χ0v) is 7.78. The Morgan fingerprint density at radius 2 is 1.77 bits per heavy atom. The summed E-state index contributed by atoms with van der Waals surface area (Å²) >= 11 is 0. The van der Waals surface area contributed by atoms with Gasteiger partial charge in [0.25, 0.3) is 0 Å². The van der Waals surface area contributed by atoms with Crippen LogP contribution in [0.4, 0.5) is 0 Å². The van der Waals surface area contributed by atoms with Crippen molar-refractivity contribution in [2.45, 2.75) is 26.3 Å². The van der Waals surface area contributed by atoms with Crippen molar-refractivity contribution in [3.63, 3.8) is 0 Å². The first-order valence-electron chi connectivity index (χ1n) is 3.70. The maximum absolute atomic E-state index is 9.81. The molecule has 0 aliphatic rings. The molecule has 1 atom stereocenters. The van der Waals surface area contributed by atoms with Crippen molar-refractivity contribution in [1.82, 2.24) is 0 Å². The van der Waals surface area contributed by atoms with Gasteiger partial charge >= 0.3 is 11.9 Å². The van der Waals surface area contributed by atoms with Crippen LogP contribution in [0.2, 0.25) is 0 Å². The molecule has 0 spiro atoms. The van der Waals surface area contributed by atoms with E-state index < -0.39 is 18.0 Å². The second-order valence-electron chi connectivity index (χ2n) is 2.44. The molecule has 0 saturated carbocycles. The summed E-state index contributed by atoms with van der Waals surface area (Å²) in [5.41, 5.74) is 5.19. The zero-order valence-electron chi connectivity index (χ0n) is 7.78. The first-order valence-corrected chi connectivity index (χ1v) is 3.70. The van der Waals surface area contributed by atoms with Gasteiger partial charge in [-0.3, -0.25) is 4.79 Å². The molecule has 0 fully saturated rings. The highest BCUT2D eigenvalue weighted by atomic mass is 16.4. The molecule has 0 aliphatic heterocycles. The lowest BCUT2D eigenvalue weighted by Gasteiger charge is -1.97. The highest BCUT2D eigenvalue weighted by Gasteiger charge is 2.05. The van der Waals surface area contributed by atoms with Crippen molar-refractivity contribution in [3.8, 4) is 0 Å². The van der Waals surface area contributed by atoms with Gasteiger partial charge in [-0.25, -0.2) is 4.79 Å². The summed E-state index contributed by atoms with van der Waals surface area (Å²) in [7, 11) is 0. The van der Waals surface area contributed by atoms with E-state index >= 15 is 0 Å². The maximum atomic E-state index is 9.81. The number of carboxylic acids is 2. The molecule has 13 heavy (non-hydrogen) atoms. The van der Waals surface area contributed by atoms with E-state index in [2.05, 4.69) is 6.58 Å². The lowest BCUT2D eigenvalue weighted by molar-refractivity contribution is -0.138. The third-order valence-electron chi connectivity index (χ3n) is 1.12. The molecule has 0 heterocycles. The van der Waals surface area contributed by atoms with Gasteiger partial charge in [-0.2, -0.15) is 0 Å². The van der Waals surface area contributed by atoms with Crippen molar-refractivity contribution in [1.29, 1.82) is 0 Å². The molecule has 1 unspecified atom stereocenters. The normalized spacial score (nSPS) is 10.7. The Hall–Kier alpha value is -1.36. The van der Waals surface area contributed by atoms with E-state index in [4.69, 9.17) is 15.9 Å². The molecular weight excluding hydrogens is 174 g/mol. The average Bonchev–Trinajstić information content (AvgIpc) is 2.03. The smallest absolute Gasteiger partial charge is 0.330 e. The van der Waals surface area contributed by atoms with Crippen LogP contribution in [-0.4, -0.2) is 28.2 Å². The standard InChI is InChI=1S/C4H9NO2.C4H6O2/c1-2-3(5)4(6)7;1-3(2)4(5)6/h3H,2,5H2,1H3,(H,6,7);1H2,2H3,(H,5,6). The van der Waals surface area contributed by atoms with Crippen LogP contribution in [-0.2, 0) is 9.59 Å². The van der Waals surface area contributed by atoms with Crippen LogP contribution < -0.4 is 5.73 Å². The van der Waals surface area contributed by atoms with E-state index in [1.54, 1.807) is 6.92 Å². The number of nitrogens with two attached hydrogens (primary N) is 1. The van der Waals surface area contributed by atoms with Gasteiger partial charge < -0.3 is 15.9 Å². The molecule has 0 saturated heterocycles. The van der Waals surface area contributed by atoms with Crippen LogP contribution in [0.5, 0.6) is 0 Å². The van der Waals surface area contributed by atoms with Gasteiger partial charge in [0.2, 0.25) is 0 Å². The first-order chi connectivity index (χ1) is 5.82. The van der Waals surface area contributed by atoms with Crippen LogP contribution in [0, 0.1) is 0 Å². The molecule has 0 aromatic heterocycles. The second kappa shape index (κ2) is 7.30. The molecule has 0 aliphatic carbocycles. The third kappa shape index (κ3) is 10.6. The minimum absolute atomic E-state index is 0.176. The van der Waals surface area contributed by atoms with Gasteiger partial charge in [0.15, 0.2) is 0 Å². The number of rotatable bonds is 3. The van der Waals surface area contributed by atoms with Crippen molar-refractivity contribution in [2.75, 3.05) is 0 Å². The largest absolute Gasteiger partial charge is 0.480 e. The van der Waals surface area contributed by atoms with E-state index in [9.17, 15) is 9.59 Å². The summed E-state index contributed by atoms with van der Waals surface area (Å²) in [6.45, 7) is 6.34. The Bertz CT molecular complexity index is 188. The topological polar surface area (TPSA) is 101 Å². The predicted octanol–water partition coefficient (Wildman–Crippen LogP) is 0.455. The molecule has 5 heteroatoms. The Balaban J connectivity index is 0. The molecule has 4 N–H and O–H groups in total. The Morgan fingerprint density at radius 3 is 1.77 bits per heavy atom. The van der Waals surface area contributed by atoms with E-state index in [1.807, 2.05) is 0 Å². The van der Waals surface area contributed by atoms with Crippen molar-refractivity contribution in [3.05, 3.63) is 12.2 Å². The predicted molar refractivity (Wildman–Crippen MR) is 48.4 cm³/mol. The summed E-state index contributed by atoms with van der Waals surface area (Å²) in [6, 6.07) is -0.681. The van der Waals surface area contributed by atoms with Crippen molar-refractivity contribution in [2.24, 2.45) is 5.73 Å². The van der Waals surface area contributed by atoms with E-state index in [-0.39, 0.29) is 5.57 Å². The first kappa shape index (κ1) is 14.2. The van der Waals surface area contributed by atoms with Gasteiger partial charge in [-0.05, 0) is 13.3 Å². The lowest BCUT2D eigenvalue weighted by Crippen LogP contribution is -2.28. The highest BCUT2D eigenvalue weighted by molar-refractivity contribution is 5.84. The van der Waals surface area contributed by atoms with Gasteiger partial charge in [-0.15, -0.1) is 0 Å². The van der Waals surface area contributed by atoms with Crippen LogP contribution in [0.1, 0.15) is 20.3 Å². The lowest BCUT2D eigenvalue weighted by atomic mass is 10.2. The summed E-state index contributed by atoms with van der Waals surface area (Å²) in [6.07, 6.45) is 0.495. The van der Waals surface area contributed by atoms with E-state index in [0.29, 0.717) is 6.42 Å². The molecule has 0 aromatic rings. The molecule has 5 nitrogen and oxygen atoms in total. The van der Waals surface area contributed by atoms with E-state index in [1.165, 1.54) is 6.92 Å².